The highest BCUT2D eigenvalue weighted by molar-refractivity contribution is 6.31. The number of benzene rings is 2. The third-order valence-corrected chi connectivity index (χ3v) is 3.86. The van der Waals surface area contributed by atoms with Crippen LogP contribution in [0.2, 0.25) is 5.02 Å². The van der Waals surface area contributed by atoms with Crippen LogP contribution in [0.5, 0.6) is 5.75 Å². The molecule has 0 aliphatic heterocycles. The van der Waals surface area contributed by atoms with Crippen molar-refractivity contribution in [3.63, 3.8) is 0 Å². The standard InChI is InChI=1S/C18H18ClFN2O3/c1-11-6-15(16(25-2)9-14(11)19)22-18(24)10-21-17(23)8-12-4-3-5-13(20)7-12/h3-7,9H,8,10H2,1-2H3,(H,21,23)(H,22,24). The van der Waals surface area contributed by atoms with Crippen molar-refractivity contribution in [3.8, 4) is 5.75 Å². The molecule has 0 unspecified atom stereocenters. The molecule has 2 aromatic rings. The summed E-state index contributed by atoms with van der Waals surface area (Å²) in [5, 5.41) is 5.68. The lowest BCUT2D eigenvalue weighted by Gasteiger charge is -2.12. The van der Waals surface area contributed by atoms with Gasteiger partial charge in [0.15, 0.2) is 0 Å². The molecule has 0 saturated carbocycles. The number of amides is 2. The van der Waals surface area contributed by atoms with E-state index in [0.29, 0.717) is 22.0 Å². The minimum absolute atomic E-state index is 0.00554. The van der Waals surface area contributed by atoms with Gasteiger partial charge in [0.2, 0.25) is 11.8 Å². The number of ether oxygens (including phenoxy) is 1. The Labute approximate surface area is 150 Å². The first-order chi connectivity index (χ1) is 11.9. The highest BCUT2D eigenvalue weighted by Crippen LogP contribution is 2.30. The lowest BCUT2D eigenvalue weighted by atomic mass is 10.1. The molecule has 2 N–H and O–H groups in total. The number of nitrogens with one attached hydrogen (secondary N) is 2. The monoisotopic (exact) mass is 364 g/mol. The van der Waals surface area contributed by atoms with Gasteiger partial charge in [-0.15, -0.1) is 0 Å². The Bertz CT molecular complexity index is 796. The first-order valence-electron chi connectivity index (χ1n) is 7.54. The molecular formula is C18H18ClFN2O3. The highest BCUT2D eigenvalue weighted by atomic mass is 35.5. The molecule has 0 bridgehead atoms. The van der Waals surface area contributed by atoms with Crippen molar-refractivity contribution in [2.75, 3.05) is 19.0 Å². The molecule has 2 amide bonds. The number of methoxy groups -OCH3 is 1. The van der Waals surface area contributed by atoms with Crippen LogP contribution in [-0.2, 0) is 16.0 Å². The number of rotatable bonds is 6. The Morgan fingerprint density at radius 2 is 1.96 bits per heavy atom. The third kappa shape index (κ3) is 5.46. The van der Waals surface area contributed by atoms with Crippen molar-refractivity contribution in [1.82, 2.24) is 5.32 Å². The summed E-state index contributed by atoms with van der Waals surface area (Å²) in [7, 11) is 1.47. The van der Waals surface area contributed by atoms with Crippen LogP contribution < -0.4 is 15.4 Å². The second kappa shape index (κ2) is 8.48. The molecule has 2 rings (SSSR count). The second-order valence-corrected chi connectivity index (χ2v) is 5.84. The van der Waals surface area contributed by atoms with Crippen molar-refractivity contribution in [2.24, 2.45) is 0 Å². The van der Waals surface area contributed by atoms with E-state index >= 15 is 0 Å². The molecule has 0 saturated heterocycles. The minimum atomic E-state index is -0.410. The number of aryl methyl sites for hydroxylation is 1. The van der Waals surface area contributed by atoms with Crippen LogP contribution in [0.4, 0.5) is 10.1 Å². The van der Waals surface area contributed by atoms with Crippen LogP contribution >= 0.6 is 11.6 Å². The van der Waals surface area contributed by atoms with Gasteiger partial charge < -0.3 is 15.4 Å². The summed E-state index contributed by atoms with van der Waals surface area (Å²) in [5.41, 5.74) is 1.79. The smallest absolute Gasteiger partial charge is 0.243 e. The maximum Gasteiger partial charge on any atom is 0.243 e. The van der Waals surface area contributed by atoms with Gasteiger partial charge in [-0.2, -0.15) is 0 Å². The largest absolute Gasteiger partial charge is 0.495 e. The summed E-state index contributed by atoms with van der Waals surface area (Å²) in [4.78, 5) is 23.9. The minimum Gasteiger partial charge on any atom is -0.495 e. The summed E-state index contributed by atoms with van der Waals surface area (Å²) in [6.45, 7) is 1.59. The van der Waals surface area contributed by atoms with E-state index in [9.17, 15) is 14.0 Å². The van der Waals surface area contributed by atoms with E-state index in [1.165, 1.54) is 25.3 Å². The number of halogens is 2. The van der Waals surface area contributed by atoms with Crippen LogP contribution in [-0.4, -0.2) is 25.5 Å². The Kier molecular flexibility index (Phi) is 6.36. The quantitative estimate of drug-likeness (QED) is 0.827. The molecule has 0 fully saturated rings. The normalized spacial score (nSPS) is 10.2. The van der Waals surface area contributed by atoms with Gasteiger partial charge in [-0.25, -0.2) is 4.39 Å². The van der Waals surface area contributed by atoms with Crippen LogP contribution in [0.1, 0.15) is 11.1 Å². The maximum atomic E-state index is 13.1. The highest BCUT2D eigenvalue weighted by Gasteiger charge is 2.12. The molecule has 2 aromatic carbocycles. The van der Waals surface area contributed by atoms with Crippen LogP contribution in [0.3, 0.4) is 0 Å². The van der Waals surface area contributed by atoms with Gasteiger partial charge in [0.05, 0.1) is 25.8 Å². The van der Waals surface area contributed by atoms with E-state index in [1.807, 2.05) is 0 Å². The van der Waals surface area contributed by atoms with Gasteiger partial charge in [0, 0.05) is 11.1 Å². The number of hydrogen-bond donors (Lipinski definition) is 2. The molecule has 25 heavy (non-hydrogen) atoms. The Morgan fingerprint density at radius 1 is 1.20 bits per heavy atom. The summed E-state index contributed by atoms with van der Waals surface area (Å²) in [6.07, 6.45) is -0.00554. The Morgan fingerprint density at radius 3 is 2.64 bits per heavy atom. The Hall–Kier alpha value is -2.60. The summed E-state index contributed by atoms with van der Waals surface area (Å²) in [5.74, 6) is -0.768. The predicted molar refractivity (Wildman–Crippen MR) is 94.5 cm³/mol. The summed E-state index contributed by atoms with van der Waals surface area (Å²) >= 11 is 6.02. The van der Waals surface area contributed by atoms with E-state index in [-0.39, 0.29) is 18.9 Å². The van der Waals surface area contributed by atoms with E-state index < -0.39 is 11.7 Å². The fourth-order valence-corrected chi connectivity index (χ4v) is 2.35. The molecule has 0 aromatic heterocycles. The SMILES string of the molecule is COc1cc(Cl)c(C)cc1NC(=O)CNC(=O)Cc1cccc(F)c1. The van der Waals surface area contributed by atoms with Gasteiger partial charge >= 0.3 is 0 Å². The van der Waals surface area contributed by atoms with Crippen molar-refractivity contribution < 1.29 is 18.7 Å². The molecule has 0 aliphatic carbocycles. The van der Waals surface area contributed by atoms with E-state index in [2.05, 4.69) is 10.6 Å². The zero-order valence-electron chi connectivity index (χ0n) is 13.9. The van der Waals surface area contributed by atoms with Crippen molar-refractivity contribution in [3.05, 3.63) is 58.4 Å². The molecule has 0 spiro atoms. The van der Waals surface area contributed by atoms with Crippen molar-refractivity contribution >= 4 is 29.1 Å². The van der Waals surface area contributed by atoms with Crippen molar-refractivity contribution in [1.29, 1.82) is 0 Å². The van der Waals surface area contributed by atoms with Gasteiger partial charge in [0.25, 0.3) is 0 Å². The summed E-state index contributed by atoms with van der Waals surface area (Å²) in [6, 6.07) is 9.05. The molecule has 0 atom stereocenters. The topological polar surface area (TPSA) is 67.4 Å². The number of carbonyl (C=O) groups excluding carboxylic acids is 2. The molecule has 7 heteroatoms. The zero-order valence-corrected chi connectivity index (χ0v) is 14.6. The predicted octanol–water partition coefficient (Wildman–Crippen LogP) is 3.09. The average molecular weight is 365 g/mol. The fraction of sp³-hybridized carbons (Fsp3) is 0.222. The van der Waals surface area contributed by atoms with Crippen molar-refractivity contribution in [2.45, 2.75) is 13.3 Å². The molecule has 0 radical (unpaired) electrons. The Balaban J connectivity index is 1.90. The van der Waals surface area contributed by atoms with Gasteiger partial charge in [-0.1, -0.05) is 23.7 Å². The summed E-state index contributed by atoms with van der Waals surface area (Å²) < 4.78 is 18.3. The lowest BCUT2D eigenvalue weighted by Crippen LogP contribution is -2.33. The molecule has 0 aliphatic rings. The number of hydrogen-bond acceptors (Lipinski definition) is 3. The van der Waals surface area contributed by atoms with E-state index in [4.69, 9.17) is 16.3 Å². The van der Waals surface area contributed by atoms with E-state index in [0.717, 1.165) is 5.56 Å². The van der Waals surface area contributed by atoms with E-state index in [1.54, 1.807) is 25.1 Å². The number of carbonyl (C=O) groups is 2. The first-order valence-corrected chi connectivity index (χ1v) is 7.92. The van der Waals surface area contributed by atoms with Crippen LogP contribution in [0.25, 0.3) is 0 Å². The van der Waals surface area contributed by atoms with Gasteiger partial charge in [-0.3, -0.25) is 9.59 Å². The first kappa shape index (κ1) is 18.7. The van der Waals surface area contributed by atoms with Crippen LogP contribution in [0.15, 0.2) is 36.4 Å². The third-order valence-electron chi connectivity index (χ3n) is 3.45. The van der Waals surface area contributed by atoms with Gasteiger partial charge in [-0.05, 0) is 36.2 Å². The lowest BCUT2D eigenvalue weighted by molar-refractivity contribution is -0.123. The fourth-order valence-electron chi connectivity index (χ4n) is 2.20. The number of anilines is 1. The molecule has 5 nitrogen and oxygen atoms in total. The maximum absolute atomic E-state index is 13.1. The average Bonchev–Trinajstić information content (AvgIpc) is 2.56. The zero-order chi connectivity index (χ0) is 18.4. The molecule has 0 heterocycles. The van der Waals surface area contributed by atoms with Gasteiger partial charge in [0.1, 0.15) is 11.6 Å². The van der Waals surface area contributed by atoms with Crippen LogP contribution in [0, 0.1) is 12.7 Å². The molecule has 132 valence electrons. The second-order valence-electron chi connectivity index (χ2n) is 5.43. The molecular weight excluding hydrogens is 347 g/mol.